The zero-order valence-corrected chi connectivity index (χ0v) is 11.1. The third-order valence-electron chi connectivity index (χ3n) is 3.19. The van der Waals surface area contributed by atoms with E-state index < -0.39 is 0 Å². The zero-order chi connectivity index (χ0) is 13.7. The van der Waals surface area contributed by atoms with E-state index in [-0.39, 0.29) is 12.6 Å². The Hall–Kier alpha value is -1.67. The fourth-order valence-electron chi connectivity index (χ4n) is 2.01. The van der Waals surface area contributed by atoms with Crippen molar-refractivity contribution in [2.24, 2.45) is 5.84 Å². The van der Waals surface area contributed by atoms with Crippen LogP contribution in [0.5, 0.6) is 0 Å². The van der Waals surface area contributed by atoms with E-state index in [0.717, 1.165) is 32.4 Å². The molecule has 0 saturated carbocycles. The van der Waals surface area contributed by atoms with Gasteiger partial charge < -0.3 is 15.3 Å². The second-order valence-electron chi connectivity index (χ2n) is 4.55. The van der Waals surface area contributed by atoms with Crippen LogP contribution in [-0.4, -0.2) is 45.8 Å². The SMILES string of the molecule is CCC(CO)Nc1nc(NN)nc(N2CCCC2)n1. The molecule has 5 N–H and O–H groups in total. The van der Waals surface area contributed by atoms with Crippen molar-refractivity contribution in [3.05, 3.63) is 0 Å². The summed E-state index contributed by atoms with van der Waals surface area (Å²) in [5, 5.41) is 12.3. The van der Waals surface area contributed by atoms with Crippen LogP contribution < -0.4 is 21.5 Å². The molecule has 1 aromatic heterocycles. The second-order valence-corrected chi connectivity index (χ2v) is 4.55. The molecule has 1 aliphatic heterocycles. The predicted molar refractivity (Wildman–Crippen MR) is 73.9 cm³/mol. The third-order valence-corrected chi connectivity index (χ3v) is 3.19. The fraction of sp³-hybridized carbons (Fsp3) is 0.727. The van der Waals surface area contributed by atoms with E-state index in [1.807, 2.05) is 6.92 Å². The number of rotatable bonds is 6. The van der Waals surface area contributed by atoms with E-state index in [2.05, 4.69) is 30.6 Å². The van der Waals surface area contributed by atoms with Gasteiger partial charge in [0, 0.05) is 13.1 Å². The van der Waals surface area contributed by atoms with Crippen molar-refractivity contribution in [2.75, 3.05) is 35.3 Å². The molecule has 8 nitrogen and oxygen atoms in total. The van der Waals surface area contributed by atoms with Crippen LogP contribution in [0.1, 0.15) is 26.2 Å². The van der Waals surface area contributed by atoms with Gasteiger partial charge in [-0.3, -0.25) is 5.43 Å². The maximum absolute atomic E-state index is 9.21. The average Bonchev–Trinajstić information content (AvgIpc) is 2.98. The van der Waals surface area contributed by atoms with Crippen molar-refractivity contribution >= 4 is 17.8 Å². The first kappa shape index (κ1) is 13.8. The lowest BCUT2D eigenvalue weighted by Crippen LogP contribution is -2.27. The molecule has 0 amide bonds. The summed E-state index contributed by atoms with van der Waals surface area (Å²) in [6, 6.07) is -0.0700. The Kier molecular flexibility index (Phi) is 4.69. The van der Waals surface area contributed by atoms with Gasteiger partial charge in [0.2, 0.25) is 17.8 Å². The molecule has 2 heterocycles. The van der Waals surface area contributed by atoms with Crippen LogP contribution >= 0.6 is 0 Å². The van der Waals surface area contributed by atoms with Crippen LogP contribution in [0.2, 0.25) is 0 Å². The number of aromatic nitrogens is 3. The van der Waals surface area contributed by atoms with Crippen LogP contribution in [0.15, 0.2) is 0 Å². The second kappa shape index (κ2) is 6.48. The van der Waals surface area contributed by atoms with E-state index in [0.29, 0.717) is 17.8 Å². The van der Waals surface area contributed by atoms with Gasteiger partial charge in [-0.15, -0.1) is 0 Å². The summed E-state index contributed by atoms with van der Waals surface area (Å²) in [5.74, 6) is 6.77. The molecule has 19 heavy (non-hydrogen) atoms. The summed E-state index contributed by atoms with van der Waals surface area (Å²) in [5.41, 5.74) is 2.45. The molecule has 1 aromatic rings. The minimum absolute atomic E-state index is 0.0343. The van der Waals surface area contributed by atoms with Gasteiger partial charge in [-0.2, -0.15) is 15.0 Å². The Morgan fingerprint density at radius 1 is 1.26 bits per heavy atom. The number of nitrogens with one attached hydrogen (secondary N) is 2. The van der Waals surface area contributed by atoms with E-state index in [9.17, 15) is 5.11 Å². The molecule has 1 aliphatic rings. The normalized spacial score (nSPS) is 16.5. The van der Waals surface area contributed by atoms with Crippen molar-refractivity contribution in [2.45, 2.75) is 32.2 Å². The molecule has 1 fully saturated rings. The van der Waals surface area contributed by atoms with Gasteiger partial charge in [-0.25, -0.2) is 5.84 Å². The molecule has 1 atom stereocenters. The van der Waals surface area contributed by atoms with Crippen molar-refractivity contribution < 1.29 is 5.11 Å². The van der Waals surface area contributed by atoms with E-state index >= 15 is 0 Å². The Bertz CT molecular complexity index is 404. The largest absolute Gasteiger partial charge is 0.394 e. The van der Waals surface area contributed by atoms with E-state index in [4.69, 9.17) is 5.84 Å². The van der Waals surface area contributed by atoms with Crippen molar-refractivity contribution in [1.29, 1.82) is 0 Å². The van der Waals surface area contributed by atoms with Crippen molar-refractivity contribution in [1.82, 2.24) is 15.0 Å². The molecular weight excluding hydrogens is 246 g/mol. The topological polar surface area (TPSA) is 112 Å². The molecule has 2 rings (SSSR count). The summed E-state index contributed by atoms with van der Waals surface area (Å²) in [6.07, 6.45) is 3.08. The van der Waals surface area contributed by atoms with Crippen molar-refractivity contribution in [3.8, 4) is 0 Å². The first-order valence-corrected chi connectivity index (χ1v) is 6.61. The van der Waals surface area contributed by atoms with Crippen LogP contribution in [-0.2, 0) is 0 Å². The summed E-state index contributed by atoms with van der Waals surface area (Å²) in [6.45, 7) is 3.92. The van der Waals surface area contributed by atoms with Gasteiger partial charge in [0.05, 0.1) is 12.6 Å². The highest BCUT2D eigenvalue weighted by Crippen LogP contribution is 2.18. The summed E-state index contributed by atoms with van der Waals surface area (Å²) < 4.78 is 0. The van der Waals surface area contributed by atoms with Gasteiger partial charge in [-0.05, 0) is 19.3 Å². The number of aliphatic hydroxyl groups is 1. The molecule has 0 aliphatic carbocycles. The number of hydrogen-bond acceptors (Lipinski definition) is 8. The quantitative estimate of drug-likeness (QED) is 0.419. The maximum atomic E-state index is 9.21. The highest BCUT2D eigenvalue weighted by atomic mass is 16.3. The van der Waals surface area contributed by atoms with E-state index in [1.165, 1.54) is 0 Å². The summed E-state index contributed by atoms with van der Waals surface area (Å²) in [7, 11) is 0. The van der Waals surface area contributed by atoms with Crippen molar-refractivity contribution in [3.63, 3.8) is 0 Å². The summed E-state index contributed by atoms with van der Waals surface area (Å²) in [4.78, 5) is 14.9. The molecule has 8 heteroatoms. The minimum atomic E-state index is -0.0700. The zero-order valence-electron chi connectivity index (χ0n) is 11.1. The molecule has 0 radical (unpaired) electrons. The molecule has 0 spiro atoms. The number of nitrogens with zero attached hydrogens (tertiary/aromatic N) is 4. The Morgan fingerprint density at radius 3 is 2.53 bits per heavy atom. The highest BCUT2D eigenvalue weighted by molar-refractivity contribution is 5.44. The molecule has 0 bridgehead atoms. The predicted octanol–water partition coefficient (Wildman–Crippen LogP) is -0.0598. The lowest BCUT2D eigenvalue weighted by Gasteiger charge is -2.18. The first-order chi connectivity index (χ1) is 9.26. The van der Waals surface area contributed by atoms with Gasteiger partial charge in [0.25, 0.3) is 0 Å². The maximum Gasteiger partial charge on any atom is 0.243 e. The number of hydrogen-bond donors (Lipinski definition) is 4. The van der Waals surface area contributed by atoms with Gasteiger partial charge in [0.15, 0.2) is 0 Å². The molecular formula is C11H21N7O. The van der Waals surface area contributed by atoms with Crippen LogP contribution in [0, 0.1) is 0 Å². The molecule has 1 unspecified atom stereocenters. The Balaban J connectivity index is 2.19. The Labute approximate surface area is 112 Å². The van der Waals surface area contributed by atoms with Gasteiger partial charge in [0.1, 0.15) is 0 Å². The van der Waals surface area contributed by atoms with Crippen LogP contribution in [0.3, 0.4) is 0 Å². The lowest BCUT2D eigenvalue weighted by atomic mass is 10.2. The number of nitrogen functional groups attached to an aromatic ring is 1. The number of hydrazine groups is 1. The number of anilines is 3. The minimum Gasteiger partial charge on any atom is -0.394 e. The average molecular weight is 267 g/mol. The smallest absolute Gasteiger partial charge is 0.243 e. The number of nitrogens with two attached hydrogens (primary N) is 1. The monoisotopic (exact) mass is 267 g/mol. The third kappa shape index (κ3) is 3.42. The fourth-order valence-corrected chi connectivity index (χ4v) is 2.01. The van der Waals surface area contributed by atoms with Crippen LogP contribution in [0.25, 0.3) is 0 Å². The first-order valence-electron chi connectivity index (χ1n) is 6.61. The standard InChI is InChI=1S/C11H21N7O/c1-2-8(7-19)13-9-14-10(17-12)16-11(15-9)18-5-3-4-6-18/h8,19H,2-7,12H2,1H3,(H2,13,14,15,16,17). The molecule has 1 saturated heterocycles. The lowest BCUT2D eigenvalue weighted by molar-refractivity contribution is 0.271. The highest BCUT2D eigenvalue weighted by Gasteiger charge is 2.18. The van der Waals surface area contributed by atoms with Gasteiger partial charge >= 0.3 is 0 Å². The van der Waals surface area contributed by atoms with Gasteiger partial charge in [-0.1, -0.05) is 6.92 Å². The van der Waals surface area contributed by atoms with Crippen LogP contribution in [0.4, 0.5) is 17.8 Å². The Morgan fingerprint density at radius 2 is 1.95 bits per heavy atom. The summed E-state index contributed by atoms with van der Waals surface area (Å²) >= 11 is 0. The molecule has 0 aromatic carbocycles. The number of aliphatic hydroxyl groups excluding tert-OH is 1. The van der Waals surface area contributed by atoms with E-state index in [1.54, 1.807) is 0 Å². The molecule has 106 valence electrons.